The van der Waals surface area contributed by atoms with Gasteiger partial charge in [-0.2, -0.15) is 0 Å². The largest absolute Gasteiger partial charge is 0.372 e. The third kappa shape index (κ3) is 3.20. The van der Waals surface area contributed by atoms with E-state index in [-0.39, 0.29) is 11.5 Å². The smallest absolute Gasteiger partial charge is 0.254 e. The van der Waals surface area contributed by atoms with Crippen molar-refractivity contribution in [2.75, 3.05) is 19.7 Å². The number of carbonyl (C=O) groups excluding carboxylic acids is 1. The number of hydrogen-bond donors (Lipinski definition) is 0. The van der Waals surface area contributed by atoms with E-state index >= 15 is 0 Å². The minimum absolute atomic E-state index is 0.0678. The molecule has 2 aromatic rings. The SMILES string of the molecule is Cc1csc(-c2ccc(C(=O)N3CCOC(C)(C)C3)cc2)n1. The van der Waals surface area contributed by atoms with Gasteiger partial charge >= 0.3 is 0 Å². The van der Waals surface area contributed by atoms with Crippen LogP contribution in [0.5, 0.6) is 0 Å². The molecule has 0 radical (unpaired) electrons. The highest BCUT2D eigenvalue weighted by molar-refractivity contribution is 7.13. The van der Waals surface area contributed by atoms with Gasteiger partial charge in [-0.3, -0.25) is 4.79 Å². The molecular formula is C17H20N2O2S. The fourth-order valence-electron chi connectivity index (χ4n) is 2.61. The summed E-state index contributed by atoms with van der Waals surface area (Å²) in [5.74, 6) is 0.0678. The Kier molecular flexibility index (Phi) is 4.02. The van der Waals surface area contributed by atoms with Crippen molar-refractivity contribution in [1.82, 2.24) is 9.88 Å². The first-order valence-electron chi connectivity index (χ1n) is 7.40. The van der Waals surface area contributed by atoms with Gasteiger partial charge in [0.1, 0.15) is 5.01 Å². The Bertz CT molecular complexity index is 676. The summed E-state index contributed by atoms with van der Waals surface area (Å²) in [6.07, 6.45) is 0. The molecule has 3 rings (SSSR count). The second kappa shape index (κ2) is 5.82. The molecule has 0 aliphatic carbocycles. The van der Waals surface area contributed by atoms with E-state index in [2.05, 4.69) is 4.98 Å². The number of aryl methyl sites for hydroxylation is 1. The summed E-state index contributed by atoms with van der Waals surface area (Å²) >= 11 is 1.62. The zero-order chi connectivity index (χ0) is 15.7. The highest BCUT2D eigenvalue weighted by atomic mass is 32.1. The molecular weight excluding hydrogens is 296 g/mol. The Morgan fingerprint density at radius 1 is 1.32 bits per heavy atom. The van der Waals surface area contributed by atoms with Crippen LogP contribution in [0.2, 0.25) is 0 Å². The number of ether oxygens (including phenoxy) is 1. The van der Waals surface area contributed by atoms with Crippen LogP contribution in [-0.4, -0.2) is 41.1 Å². The maximum Gasteiger partial charge on any atom is 0.254 e. The second-order valence-corrected chi connectivity index (χ2v) is 7.06. The molecule has 1 fully saturated rings. The Balaban J connectivity index is 1.76. The number of thiazole rings is 1. The number of hydrogen-bond acceptors (Lipinski definition) is 4. The van der Waals surface area contributed by atoms with E-state index in [9.17, 15) is 4.79 Å². The van der Waals surface area contributed by atoms with E-state index in [1.54, 1.807) is 11.3 Å². The Hall–Kier alpha value is -1.72. The van der Waals surface area contributed by atoms with Crippen LogP contribution >= 0.6 is 11.3 Å². The van der Waals surface area contributed by atoms with Crippen LogP contribution in [0.25, 0.3) is 10.6 Å². The lowest BCUT2D eigenvalue weighted by molar-refractivity contribution is -0.0764. The van der Waals surface area contributed by atoms with Gasteiger partial charge in [0, 0.05) is 35.3 Å². The Morgan fingerprint density at radius 2 is 2.05 bits per heavy atom. The summed E-state index contributed by atoms with van der Waals surface area (Å²) in [5, 5.41) is 3.02. The van der Waals surface area contributed by atoms with Crippen LogP contribution in [0.4, 0.5) is 0 Å². The van der Waals surface area contributed by atoms with Gasteiger partial charge < -0.3 is 9.64 Å². The number of amides is 1. The van der Waals surface area contributed by atoms with Gasteiger partial charge in [-0.25, -0.2) is 4.98 Å². The molecule has 1 aliphatic heterocycles. The molecule has 0 N–H and O–H groups in total. The summed E-state index contributed by atoms with van der Waals surface area (Å²) in [7, 11) is 0. The first-order valence-corrected chi connectivity index (χ1v) is 8.28. The highest BCUT2D eigenvalue weighted by Gasteiger charge is 2.30. The molecule has 1 saturated heterocycles. The molecule has 1 amide bonds. The standard InChI is InChI=1S/C17H20N2O2S/c1-12-10-22-15(18-12)13-4-6-14(7-5-13)16(20)19-8-9-21-17(2,3)11-19/h4-7,10H,8-9,11H2,1-3H3. The lowest BCUT2D eigenvalue weighted by Crippen LogP contribution is -2.50. The lowest BCUT2D eigenvalue weighted by atomic mass is 10.1. The van der Waals surface area contributed by atoms with Crippen molar-refractivity contribution in [2.45, 2.75) is 26.4 Å². The topological polar surface area (TPSA) is 42.4 Å². The molecule has 0 atom stereocenters. The van der Waals surface area contributed by atoms with Crippen molar-refractivity contribution in [3.05, 3.63) is 40.9 Å². The summed E-state index contributed by atoms with van der Waals surface area (Å²) in [6.45, 7) is 7.88. The summed E-state index contributed by atoms with van der Waals surface area (Å²) in [4.78, 5) is 18.9. The Labute approximate surface area is 134 Å². The zero-order valence-electron chi connectivity index (χ0n) is 13.1. The average molecular weight is 316 g/mol. The van der Waals surface area contributed by atoms with Crippen molar-refractivity contribution in [1.29, 1.82) is 0 Å². The molecule has 22 heavy (non-hydrogen) atoms. The van der Waals surface area contributed by atoms with Crippen LogP contribution in [0.15, 0.2) is 29.6 Å². The number of carbonyl (C=O) groups is 1. The molecule has 2 heterocycles. The second-order valence-electron chi connectivity index (χ2n) is 6.21. The number of morpholine rings is 1. The van der Waals surface area contributed by atoms with E-state index in [1.165, 1.54) is 0 Å². The molecule has 0 saturated carbocycles. The van der Waals surface area contributed by atoms with Crippen molar-refractivity contribution in [2.24, 2.45) is 0 Å². The zero-order valence-corrected chi connectivity index (χ0v) is 13.9. The molecule has 0 bridgehead atoms. The first kappa shape index (κ1) is 15.2. The fraction of sp³-hybridized carbons (Fsp3) is 0.412. The monoisotopic (exact) mass is 316 g/mol. The predicted octanol–water partition coefficient (Wildman–Crippen LogP) is 3.37. The van der Waals surface area contributed by atoms with Gasteiger partial charge in [0.2, 0.25) is 0 Å². The van der Waals surface area contributed by atoms with Gasteiger partial charge in [0.15, 0.2) is 0 Å². The lowest BCUT2D eigenvalue weighted by Gasteiger charge is -2.38. The van der Waals surface area contributed by atoms with Crippen LogP contribution < -0.4 is 0 Å². The first-order chi connectivity index (χ1) is 10.4. The summed E-state index contributed by atoms with van der Waals surface area (Å²) in [6, 6.07) is 7.71. The number of nitrogens with zero attached hydrogens (tertiary/aromatic N) is 2. The molecule has 1 aliphatic rings. The predicted molar refractivity (Wildman–Crippen MR) is 88.2 cm³/mol. The average Bonchev–Trinajstić information content (AvgIpc) is 2.92. The van der Waals surface area contributed by atoms with Crippen LogP contribution in [-0.2, 0) is 4.74 Å². The molecule has 4 nitrogen and oxygen atoms in total. The van der Waals surface area contributed by atoms with Crippen LogP contribution in [0.3, 0.4) is 0 Å². The van der Waals surface area contributed by atoms with E-state index in [1.807, 2.05) is 55.3 Å². The van der Waals surface area contributed by atoms with Gasteiger partial charge in [-0.1, -0.05) is 12.1 Å². The minimum atomic E-state index is -0.272. The van der Waals surface area contributed by atoms with E-state index < -0.39 is 0 Å². The Morgan fingerprint density at radius 3 is 2.64 bits per heavy atom. The summed E-state index contributed by atoms with van der Waals surface area (Å²) in [5.41, 5.74) is 2.52. The minimum Gasteiger partial charge on any atom is -0.372 e. The molecule has 1 aromatic heterocycles. The number of rotatable bonds is 2. The van der Waals surface area contributed by atoms with Crippen LogP contribution in [0.1, 0.15) is 29.9 Å². The van der Waals surface area contributed by atoms with E-state index in [4.69, 9.17) is 4.74 Å². The third-order valence-electron chi connectivity index (χ3n) is 3.71. The highest BCUT2D eigenvalue weighted by Crippen LogP contribution is 2.24. The van der Waals surface area contributed by atoms with Crippen molar-refractivity contribution < 1.29 is 9.53 Å². The fourth-order valence-corrected chi connectivity index (χ4v) is 3.42. The molecule has 1 aromatic carbocycles. The molecule has 0 unspecified atom stereocenters. The van der Waals surface area contributed by atoms with Crippen molar-refractivity contribution in [3.63, 3.8) is 0 Å². The summed E-state index contributed by atoms with van der Waals surface area (Å²) < 4.78 is 5.66. The number of aromatic nitrogens is 1. The van der Waals surface area contributed by atoms with Crippen LogP contribution in [0, 0.1) is 6.92 Å². The van der Waals surface area contributed by atoms with E-state index in [0.717, 1.165) is 21.8 Å². The maximum absolute atomic E-state index is 12.6. The quantitative estimate of drug-likeness (QED) is 0.853. The molecule has 5 heteroatoms. The maximum atomic E-state index is 12.6. The van der Waals surface area contributed by atoms with Crippen molar-refractivity contribution in [3.8, 4) is 10.6 Å². The van der Waals surface area contributed by atoms with E-state index in [0.29, 0.717) is 19.7 Å². The normalized spacial score (nSPS) is 17.5. The van der Waals surface area contributed by atoms with Gasteiger partial charge in [0.05, 0.1) is 12.2 Å². The van der Waals surface area contributed by atoms with Gasteiger partial charge in [-0.15, -0.1) is 11.3 Å². The van der Waals surface area contributed by atoms with Gasteiger partial charge in [0.25, 0.3) is 5.91 Å². The van der Waals surface area contributed by atoms with Gasteiger partial charge in [-0.05, 0) is 32.9 Å². The molecule has 0 spiro atoms. The third-order valence-corrected chi connectivity index (χ3v) is 4.72. The molecule has 116 valence electrons. The number of benzene rings is 1. The van der Waals surface area contributed by atoms with Crippen molar-refractivity contribution >= 4 is 17.2 Å².